The Hall–Kier alpha value is -1.64. The number of hydrogen-bond donors (Lipinski definition) is 2. The van der Waals surface area contributed by atoms with Gasteiger partial charge in [0.05, 0.1) is 4.92 Å². The van der Waals surface area contributed by atoms with Crippen LogP contribution < -0.4 is 5.73 Å². The van der Waals surface area contributed by atoms with E-state index in [1.807, 2.05) is 0 Å². The van der Waals surface area contributed by atoms with Crippen molar-refractivity contribution in [1.82, 2.24) is 15.2 Å². The zero-order valence-electron chi connectivity index (χ0n) is 9.67. The number of thioether (sulfide) groups is 1. The first-order chi connectivity index (χ1) is 9.11. The summed E-state index contributed by atoms with van der Waals surface area (Å²) in [6.07, 6.45) is 0. The Kier molecular flexibility index (Phi) is 4.35. The molecule has 0 unspecified atom stereocenters. The monoisotopic (exact) mass is 299 g/mol. The second-order valence-electron chi connectivity index (χ2n) is 3.53. The summed E-state index contributed by atoms with van der Waals surface area (Å²) in [6, 6.07) is 4.47. The summed E-state index contributed by atoms with van der Waals surface area (Å²) < 4.78 is 0. The van der Waals surface area contributed by atoms with E-state index in [2.05, 4.69) is 15.2 Å². The smallest absolute Gasteiger partial charge is 0.288 e. The molecule has 0 amide bonds. The number of nitro groups is 1. The lowest BCUT2D eigenvalue weighted by molar-refractivity contribution is -0.384. The van der Waals surface area contributed by atoms with Gasteiger partial charge in [-0.1, -0.05) is 23.4 Å². The first-order valence-corrected chi connectivity index (χ1v) is 6.67. The van der Waals surface area contributed by atoms with Crippen molar-refractivity contribution >= 4 is 29.1 Å². The molecule has 1 aromatic carbocycles. The molecule has 0 spiro atoms. The maximum atomic E-state index is 10.8. The molecule has 2 rings (SSSR count). The third-order valence-electron chi connectivity index (χ3n) is 2.23. The van der Waals surface area contributed by atoms with Crippen LogP contribution in [0.3, 0.4) is 0 Å². The van der Waals surface area contributed by atoms with Gasteiger partial charge in [-0.3, -0.25) is 15.2 Å². The van der Waals surface area contributed by atoms with Crippen molar-refractivity contribution in [3.05, 3.63) is 33.3 Å². The van der Waals surface area contributed by atoms with Crippen molar-refractivity contribution in [2.75, 3.05) is 12.3 Å². The summed E-state index contributed by atoms with van der Waals surface area (Å²) in [5.74, 6) is 1.16. The van der Waals surface area contributed by atoms with Crippen molar-refractivity contribution in [2.24, 2.45) is 5.73 Å². The minimum atomic E-state index is -0.535. The van der Waals surface area contributed by atoms with E-state index < -0.39 is 4.92 Å². The van der Waals surface area contributed by atoms with Crippen molar-refractivity contribution in [2.45, 2.75) is 5.16 Å². The van der Waals surface area contributed by atoms with E-state index >= 15 is 0 Å². The Morgan fingerprint density at radius 1 is 1.53 bits per heavy atom. The summed E-state index contributed by atoms with van der Waals surface area (Å²) in [7, 11) is 0. The SMILES string of the molecule is NCCSc1n[nH]c(-c2ccc(Cl)c([N+](=O)[O-])c2)n1. The number of benzene rings is 1. The third kappa shape index (κ3) is 3.22. The van der Waals surface area contributed by atoms with Gasteiger partial charge in [0, 0.05) is 23.9 Å². The lowest BCUT2D eigenvalue weighted by Crippen LogP contribution is -2.01. The van der Waals surface area contributed by atoms with Crippen molar-refractivity contribution < 1.29 is 4.92 Å². The molecule has 1 aromatic heterocycles. The van der Waals surface area contributed by atoms with Crippen LogP contribution in [-0.4, -0.2) is 32.4 Å². The molecule has 0 atom stereocenters. The highest BCUT2D eigenvalue weighted by atomic mass is 35.5. The predicted molar refractivity (Wildman–Crippen MR) is 73.3 cm³/mol. The van der Waals surface area contributed by atoms with E-state index in [9.17, 15) is 10.1 Å². The molecular weight excluding hydrogens is 290 g/mol. The van der Waals surface area contributed by atoms with Gasteiger partial charge in [0.2, 0.25) is 5.16 Å². The summed E-state index contributed by atoms with van der Waals surface area (Å²) >= 11 is 7.16. The number of nitrogens with one attached hydrogen (secondary N) is 1. The van der Waals surface area contributed by atoms with Gasteiger partial charge in [0.1, 0.15) is 5.02 Å². The molecule has 0 aliphatic heterocycles. The van der Waals surface area contributed by atoms with Gasteiger partial charge >= 0.3 is 0 Å². The van der Waals surface area contributed by atoms with Crippen molar-refractivity contribution in [3.63, 3.8) is 0 Å². The second-order valence-corrected chi connectivity index (χ2v) is 5.00. The molecule has 0 saturated carbocycles. The number of rotatable bonds is 5. The molecule has 100 valence electrons. The molecular formula is C10H10ClN5O2S. The van der Waals surface area contributed by atoms with Gasteiger partial charge in [-0.15, -0.1) is 5.10 Å². The lowest BCUT2D eigenvalue weighted by Gasteiger charge is -1.98. The topological polar surface area (TPSA) is 111 Å². The molecule has 19 heavy (non-hydrogen) atoms. The van der Waals surface area contributed by atoms with Crippen LogP contribution >= 0.6 is 23.4 Å². The third-order valence-corrected chi connectivity index (χ3v) is 3.43. The first kappa shape index (κ1) is 13.8. The van der Waals surface area contributed by atoms with Crippen LogP contribution in [-0.2, 0) is 0 Å². The second kappa shape index (κ2) is 6.00. The minimum absolute atomic E-state index is 0.0889. The summed E-state index contributed by atoms with van der Waals surface area (Å²) in [4.78, 5) is 14.5. The molecule has 1 heterocycles. The highest BCUT2D eigenvalue weighted by Crippen LogP contribution is 2.29. The van der Waals surface area contributed by atoms with Crippen molar-refractivity contribution in [1.29, 1.82) is 0 Å². The lowest BCUT2D eigenvalue weighted by atomic mass is 10.2. The van der Waals surface area contributed by atoms with Crippen LogP contribution in [0.2, 0.25) is 5.02 Å². The zero-order chi connectivity index (χ0) is 13.8. The largest absolute Gasteiger partial charge is 0.330 e. The number of H-pyrrole nitrogens is 1. The molecule has 9 heteroatoms. The van der Waals surface area contributed by atoms with E-state index in [4.69, 9.17) is 17.3 Å². The Bertz CT molecular complexity index is 603. The van der Waals surface area contributed by atoms with Gasteiger partial charge < -0.3 is 5.73 Å². The first-order valence-electron chi connectivity index (χ1n) is 5.31. The Morgan fingerprint density at radius 2 is 2.32 bits per heavy atom. The normalized spacial score (nSPS) is 10.6. The van der Waals surface area contributed by atoms with Gasteiger partial charge in [-0.05, 0) is 12.1 Å². The fourth-order valence-corrected chi connectivity index (χ4v) is 2.14. The van der Waals surface area contributed by atoms with Gasteiger partial charge in [-0.25, -0.2) is 4.98 Å². The summed E-state index contributed by atoms with van der Waals surface area (Å²) in [5, 5.41) is 18.2. The Labute approximate surface area is 117 Å². The Morgan fingerprint density at radius 3 is 3.00 bits per heavy atom. The summed E-state index contributed by atoms with van der Waals surface area (Å²) in [5.41, 5.74) is 5.79. The van der Waals surface area contributed by atoms with Gasteiger partial charge in [-0.2, -0.15) is 0 Å². The number of nitrogens with two attached hydrogens (primary N) is 1. The number of hydrogen-bond acceptors (Lipinski definition) is 6. The number of aromatic nitrogens is 3. The number of halogens is 1. The predicted octanol–water partition coefficient (Wildman–Crippen LogP) is 2.08. The van der Waals surface area contributed by atoms with E-state index in [0.29, 0.717) is 28.8 Å². The van der Waals surface area contributed by atoms with E-state index in [0.717, 1.165) is 0 Å². The van der Waals surface area contributed by atoms with Crippen LogP contribution in [0.5, 0.6) is 0 Å². The Balaban J connectivity index is 2.29. The highest BCUT2D eigenvalue weighted by molar-refractivity contribution is 7.99. The van der Waals surface area contributed by atoms with Crippen LogP contribution in [0.25, 0.3) is 11.4 Å². The average molecular weight is 300 g/mol. The fraction of sp³-hybridized carbons (Fsp3) is 0.200. The molecule has 7 nitrogen and oxygen atoms in total. The van der Waals surface area contributed by atoms with Crippen LogP contribution in [0, 0.1) is 10.1 Å². The van der Waals surface area contributed by atoms with E-state index in [1.165, 1.54) is 23.9 Å². The van der Waals surface area contributed by atoms with Crippen LogP contribution in [0.4, 0.5) is 5.69 Å². The summed E-state index contributed by atoms with van der Waals surface area (Å²) in [6.45, 7) is 0.529. The number of nitrogens with zero attached hydrogens (tertiary/aromatic N) is 3. The molecule has 0 bridgehead atoms. The van der Waals surface area contributed by atoms with Crippen LogP contribution in [0.15, 0.2) is 23.4 Å². The maximum absolute atomic E-state index is 10.8. The standard InChI is InChI=1S/C10H10ClN5O2S/c11-7-2-1-6(5-8(7)16(17)18)9-13-10(15-14-9)19-4-3-12/h1-2,5H,3-4,12H2,(H,13,14,15). The maximum Gasteiger partial charge on any atom is 0.288 e. The fourth-order valence-electron chi connectivity index (χ4n) is 1.39. The molecule has 3 N–H and O–H groups in total. The molecule has 0 radical (unpaired) electrons. The molecule has 0 fully saturated rings. The zero-order valence-corrected chi connectivity index (χ0v) is 11.2. The minimum Gasteiger partial charge on any atom is -0.330 e. The number of nitro benzene ring substituents is 1. The molecule has 0 saturated heterocycles. The average Bonchev–Trinajstić information content (AvgIpc) is 2.85. The number of aromatic amines is 1. The molecule has 0 aliphatic carbocycles. The van der Waals surface area contributed by atoms with E-state index in [1.54, 1.807) is 6.07 Å². The molecule has 0 aliphatic rings. The van der Waals surface area contributed by atoms with Crippen molar-refractivity contribution in [3.8, 4) is 11.4 Å². The van der Waals surface area contributed by atoms with E-state index in [-0.39, 0.29) is 10.7 Å². The van der Waals surface area contributed by atoms with Crippen LogP contribution in [0.1, 0.15) is 0 Å². The van der Waals surface area contributed by atoms with Gasteiger partial charge in [0.25, 0.3) is 5.69 Å². The highest BCUT2D eigenvalue weighted by Gasteiger charge is 2.15. The quantitative estimate of drug-likeness (QED) is 0.497. The molecule has 2 aromatic rings. The van der Waals surface area contributed by atoms with Gasteiger partial charge in [0.15, 0.2) is 5.82 Å².